The van der Waals surface area contributed by atoms with Gasteiger partial charge in [0.1, 0.15) is 17.1 Å². The number of amides is 1. The predicted molar refractivity (Wildman–Crippen MR) is 95.3 cm³/mol. The first-order valence-corrected chi connectivity index (χ1v) is 8.21. The molecule has 0 bridgehead atoms. The highest BCUT2D eigenvalue weighted by molar-refractivity contribution is 5.96. The van der Waals surface area contributed by atoms with E-state index in [1.54, 1.807) is 18.2 Å². The van der Waals surface area contributed by atoms with E-state index in [0.717, 1.165) is 0 Å². The molecule has 1 fully saturated rings. The average molecular weight is 358 g/mol. The van der Waals surface area contributed by atoms with Crippen molar-refractivity contribution in [1.29, 1.82) is 0 Å². The first-order valence-electron chi connectivity index (χ1n) is 8.21. The number of carboxylic acid groups (broad SMARTS) is 1. The summed E-state index contributed by atoms with van der Waals surface area (Å²) in [7, 11) is 1.37. The molecule has 1 saturated heterocycles. The Kier molecular flexibility index (Phi) is 5.06. The van der Waals surface area contributed by atoms with Crippen molar-refractivity contribution in [3.8, 4) is 5.75 Å². The minimum absolute atomic E-state index is 0.0251. The molecule has 1 amide bonds. The molecule has 1 atom stereocenters. The molecule has 26 heavy (non-hydrogen) atoms. The summed E-state index contributed by atoms with van der Waals surface area (Å²) in [6.45, 7) is 1.03. The largest absolute Gasteiger partial charge is 0.496 e. The van der Waals surface area contributed by atoms with Gasteiger partial charge in [-0.05, 0) is 30.7 Å². The van der Waals surface area contributed by atoms with Crippen molar-refractivity contribution < 1.29 is 23.8 Å². The normalized spacial score (nSPS) is 16.4. The quantitative estimate of drug-likeness (QED) is 0.859. The molecule has 0 saturated carbocycles. The molecule has 2 aromatic carbocycles. The van der Waals surface area contributed by atoms with Crippen molar-refractivity contribution >= 4 is 23.3 Å². The molecule has 1 aliphatic rings. The van der Waals surface area contributed by atoms with Gasteiger partial charge >= 0.3 is 5.97 Å². The predicted octanol–water partition coefficient (Wildman–Crippen LogP) is 3.00. The summed E-state index contributed by atoms with van der Waals surface area (Å²) in [5.41, 5.74) is 0.980. The van der Waals surface area contributed by atoms with Gasteiger partial charge in [-0.3, -0.25) is 4.79 Å². The number of rotatable bonds is 5. The number of carbonyl (C=O) groups excluding carboxylic acids is 1. The number of hydrogen-bond acceptors (Lipinski definition) is 4. The van der Waals surface area contributed by atoms with E-state index in [0.29, 0.717) is 30.9 Å². The van der Waals surface area contributed by atoms with Gasteiger partial charge in [-0.2, -0.15) is 0 Å². The molecule has 0 aromatic heterocycles. The standard InChI is InChI=1S/C19H19FN2O4/c1-26-17-10-13(6-7-14(17)19(24)25)21-18(23)12-8-9-22(11-12)16-5-3-2-4-15(16)20/h2-7,10,12H,8-9,11H2,1H3,(H,21,23)(H,24,25). The Labute approximate surface area is 150 Å². The van der Waals surface area contributed by atoms with Crippen LogP contribution in [0.3, 0.4) is 0 Å². The minimum Gasteiger partial charge on any atom is -0.496 e. The van der Waals surface area contributed by atoms with Gasteiger partial charge in [-0.25, -0.2) is 9.18 Å². The lowest BCUT2D eigenvalue weighted by atomic mass is 10.1. The second kappa shape index (κ2) is 7.43. The molecule has 1 heterocycles. The number of hydrogen-bond donors (Lipinski definition) is 2. The third kappa shape index (κ3) is 3.61. The number of methoxy groups -OCH3 is 1. The number of nitrogens with one attached hydrogen (secondary N) is 1. The number of carboxylic acids is 1. The maximum absolute atomic E-state index is 13.9. The van der Waals surface area contributed by atoms with Crippen molar-refractivity contribution in [2.24, 2.45) is 5.92 Å². The maximum Gasteiger partial charge on any atom is 0.339 e. The van der Waals surface area contributed by atoms with E-state index in [-0.39, 0.29) is 29.0 Å². The van der Waals surface area contributed by atoms with Gasteiger partial charge in [0.05, 0.1) is 18.7 Å². The topological polar surface area (TPSA) is 78.9 Å². The van der Waals surface area contributed by atoms with E-state index in [1.807, 2.05) is 4.90 Å². The summed E-state index contributed by atoms with van der Waals surface area (Å²) in [5.74, 6) is -1.69. The first kappa shape index (κ1) is 17.7. The van der Waals surface area contributed by atoms with E-state index < -0.39 is 5.97 Å². The fourth-order valence-corrected chi connectivity index (χ4v) is 3.09. The molecule has 1 unspecified atom stereocenters. The Morgan fingerprint density at radius 3 is 2.73 bits per heavy atom. The van der Waals surface area contributed by atoms with E-state index in [1.165, 1.54) is 31.4 Å². The van der Waals surface area contributed by atoms with E-state index in [4.69, 9.17) is 9.84 Å². The number of nitrogens with zero attached hydrogens (tertiary/aromatic N) is 1. The SMILES string of the molecule is COc1cc(NC(=O)C2CCN(c3ccccc3F)C2)ccc1C(=O)O. The lowest BCUT2D eigenvalue weighted by molar-refractivity contribution is -0.119. The van der Waals surface area contributed by atoms with Crippen molar-refractivity contribution in [2.75, 3.05) is 30.4 Å². The van der Waals surface area contributed by atoms with Crippen molar-refractivity contribution in [3.63, 3.8) is 0 Å². The zero-order valence-electron chi connectivity index (χ0n) is 14.2. The third-order valence-electron chi connectivity index (χ3n) is 4.45. The highest BCUT2D eigenvalue weighted by atomic mass is 19.1. The molecule has 0 spiro atoms. The van der Waals surface area contributed by atoms with Crippen molar-refractivity contribution in [3.05, 3.63) is 53.8 Å². The van der Waals surface area contributed by atoms with Gasteiger partial charge in [0.15, 0.2) is 0 Å². The van der Waals surface area contributed by atoms with Gasteiger partial charge in [0.2, 0.25) is 5.91 Å². The number of anilines is 2. The molecule has 3 rings (SSSR count). The Bertz CT molecular complexity index is 840. The van der Waals surface area contributed by atoms with Crippen LogP contribution in [0.4, 0.5) is 15.8 Å². The van der Waals surface area contributed by atoms with Gasteiger partial charge in [0, 0.05) is 24.8 Å². The summed E-state index contributed by atoms with van der Waals surface area (Å²) in [5, 5.41) is 11.9. The number of aromatic carboxylic acids is 1. The number of carbonyl (C=O) groups is 2. The van der Waals surface area contributed by atoms with Gasteiger partial charge in [0.25, 0.3) is 0 Å². The first-order chi connectivity index (χ1) is 12.5. The Hall–Kier alpha value is -3.09. The van der Waals surface area contributed by atoms with Crippen molar-refractivity contribution in [1.82, 2.24) is 0 Å². The Balaban J connectivity index is 1.68. The number of para-hydroxylation sites is 1. The van der Waals surface area contributed by atoms with Crippen molar-refractivity contribution in [2.45, 2.75) is 6.42 Å². The van der Waals surface area contributed by atoms with Gasteiger partial charge in [-0.1, -0.05) is 12.1 Å². The fourth-order valence-electron chi connectivity index (χ4n) is 3.09. The monoisotopic (exact) mass is 358 g/mol. The number of halogens is 1. The lowest BCUT2D eigenvalue weighted by Gasteiger charge is -2.19. The fraction of sp³-hybridized carbons (Fsp3) is 0.263. The maximum atomic E-state index is 13.9. The lowest BCUT2D eigenvalue weighted by Crippen LogP contribution is -2.27. The van der Waals surface area contributed by atoms with Crippen LogP contribution in [-0.4, -0.2) is 37.2 Å². The van der Waals surface area contributed by atoms with Crippen LogP contribution >= 0.6 is 0 Å². The molecule has 2 N–H and O–H groups in total. The zero-order chi connectivity index (χ0) is 18.7. The summed E-state index contributed by atoms with van der Waals surface area (Å²) in [4.78, 5) is 25.5. The van der Waals surface area contributed by atoms with Crippen LogP contribution < -0.4 is 15.0 Å². The molecule has 1 aliphatic heterocycles. The summed E-state index contributed by atoms with van der Waals surface area (Å²) >= 11 is 0. The van der Waals surface area contributed by atoms with Gasteiger partial charge in [-0.15, -0.1) is 0 Å². The molecule has 6 nitrogen and oxygen atoms in total. The zero-order valence-corrected chi connectivity index (χ0v) is 14.2. The second-order valence-corrected chi connectivity index (χ2v) is 6.09. The van der Waals surface area contributed by atoms with Crippen LogP contribution in [0.15, 0.2) is 42.5 Å². The highest BCUT2D eigenvalue weighted by Crippen LogP contribution is 2.28. The van der Waals surface area contributed by atoms with Crippen LogP contribution in [0.25, 0.3) is 0 Å². The Morgan fingerprint density at radius 2 is 2.04 bits per heavy atom. The van der Waals surface area contributed by atoms with Crippen LogP contribution in [0.1, 0.15) is 16.8 Å². The van der Waals surface area contributed by atoms with Crippen LogP contribution in [-0.2, 0) is 4.79 Å². The molecule has 7 heteroatoms. The van der Waals surface area contributed by atoms with Crippen LogP contribution in [0.2, 0.25) is 0 Å². The van der Waals surface area contributed by atoms with E-state index in [9.17, 15) is 14.0 Å². The smallest absolute Gasteiger partial charge is 0.339 e. The molecular weight excluding hydrogens is 339 g/mol. The molecular formula is C19H19FN2O4. The molecule has 0 radical (unpaired) electrons. The Morgan fingerprint density at radius 1 is 1.27 bits per heavy atom. The molecule has 0 aliphatic carbocycles. The average Bonchev–Trinajstić information content (AvgIpc) is 3.11. The third-order valence-corrected chi connectivity index (χ3v) is 4.45. The minimum atomic E-state index is -1.10. The summed E-state index contributed by atoms with van der Waals surface area (Å²) < 4.78 is 19.0. The van der Waals surface area contributed by atoms with Gasteiger partial charge < -0.3 is 20.1 Å². The van der Waals surface area contributed by atoms with E-state index >= 15 is 0 Å². The van der Waals surface area contributed by atoms with E-state index in [2.05, 4.69) is 5.32 Å². The number of benzene rings is 2. The van der Waals surface area contributed by atoms with Crippen LogP contribution in [0.5, 0.6) is 5.75 Å². The number of ether oxygens (including phenoxy) is 1. The molecule has 136 valence electrons. The summed E-state index contributed by atoms with van der Waals surface area (Å²) in [6, 6.07) is 10.9. The molecule has 2 aromatic rings. The van der Waals surface area contributed by atoms with Crippen LogP contribution in [0, 0.1) is 11.7 Å². The summed E-state index contributed by atoms with van der Waals surface area (Å²) in [6.07, 6.45) is 0.616. The highest BCUT2D eigenvalue weighted by Gasteiger charge is 2.29. The second-order valence-electron chi connectivity index (χ2n) is 6.09.